The van der Waals surface area contributed by atoms with Gasteiger partial charge in [0.05, 0.1) is 13.2 Å². The molecule has 10 nitrogen and oxygen atoms in total. The molecule has 0 aromatic carbocycles. The summed E-state index contributed by atoms with van der Waals surface area (Å²) in [5, 5.41) is 57.9. The van der Waals surface area contributed by atoms with Gasteiger partial charge in [-0.2, -0.15) is 0 Å². The van der Waals surface area contributed by atoms with Gasteiger partial charge >= 0.3 is 0 Å². The summed E-state index contributed by atoms with van der Waals surface area (Å²) in [6, 6.07) is -0.216. The van der Waals surface area contributed by atoms with Crippen molar-refractivity contribution in [2.24, 2.45) is 5.73 Å². The van der Waals surface area contributed by atoms with E-state index in [1.54, 1.807) is 0 Å². The average molecular weight is 410 g/mol. The van der Waals surface area contributed by atoms with Gasteiger partial charge in [-0.05, 0) is 19.3 Å². The maximum atomic E-state index is 9.69. The Hall–Kier alpha value is -0.400. The quantitative estimate of drug-likeness (QED) is 0.0860. The van der Waals surface area contributed by atoms with Gasteiger partial charge in [0.15, 0.2) is 0 Å². The molecule has 0 fully saturated rings. The molecule has 0 amide bonds. The Balaban J connectivity index is 5.01. The molecule has 170 valence electrons. The highest BCUT2D eigenvalue weighted by atomic mass is 16.3. The van der Waals surface area contributed by atoms with Crippen molar-refractivity contribution in [2.75, 3.05) is 85.4 Å². The van der Waals surface area contributed by atoms with Crippen LogP contribution >= 0.6 is 0 Å². The lowest BCUT2D eigenvalue weighted by Crippen LogP contribution is -2.64. The molecule has 0 aliphatic rings. The highest BCUT2D eigenvalue weighted by Gasteiger charge is 2.42. The Bertz CT molecular complexity index is 329. The van der Waals surface area contributed by atoms with Crippen molar-refractivity contribution in [2.45, 2.75) is 30.8 Å². The van der Waals surface area contributed by atoms with Crippen LogP contribution in [0, 0.1) is 0 Å². The Morgan fingerprint density at radius 2 is 1.25 bits per heavy atom. The van der Waals surface area contributed by atoms with E-state index in [2.05, 4.69) is 16.0 Å². The molecule has 1 atom stereocenters. The molecule has 10 N–H and O–H groups in total. The number of nitrogens with zero attached hydrogens (tertiary/aromatic N) is 1. The molecule has 0 saturated carbocycles. The molecule has 0 rings (SSSR count). The van der Waals surface area contributed by atoms with Gasteiger partial charge in [0, 0.05) is 83.8 Å². The second-order valence-corrected chi connectivity index (χ2v) is 6.79. The Labute approximate surface area is 169 Å². The van der Waals surface area contributed by atoms with Crippen molar-refractivity contribution in [3.8, 4) is 0 Å². The van der Waals surface area contributed by atoms with E-state index in [0.717, 1.165) is 26.2 Å². The molecule has 0 spiro atoms. The van der Waals surface area contributed by atoms with Crippen molar-refractivity contribution >= 4 is 0 Å². The largest absolute Gasteiger partial charge is 0.396 e. The molecule has 0 heterocycles. The van der Waals surface area contributed by atoms with Crippen LogP contribution in [0.25, 0.3) is 0 Å². The van der Waals surface area contributed by atoms with Crippen LogP contribution in [0.5, 0.6) is 0 Å². The molecule has 0 bridgehead atoms. The van der Waals surface area contributed by atoms with E-state index in [9.17, 15) is 25.5 Å². The molecule has 1 unspecified atom stereocenters. The Morgan fingerprint density at radius 1 is 0.714 bits per heavy atom. The molecular formula is C18H43N5O5. The van der Waals surface area contributed by atoms with Gasteiger partial charge < -0.3 is 47.2 Å². The number of rotatable bonds is 21. The van der Waals surface area contributed by atoms with E-state index >= 15 is 0 Å². The van der Waals surface area contributed by atoms with Crippen LogP contribution < -0.4 is 21.7 Å². The lowest BCUT2D eigenvalue weighted by atomic mass is 9.80. The molecule has 0 aliphatic carbocycles. The molecule has 0 radical (unpaired) electrons. The number of hydrogen-bond donors (Lipinski definition) is 9. The van der Waals surface area contributed by atoms with E-state index in [4.69, 9.17) is 5.73 Å². The molecular weight excluding hydrogens is 366 g/mol. The molecule has 0 aromatic rings. The third-order valence-electron chi connectivity index (χ3n) is 5.02. The first kappa shape index (κ1) is 27.6. The van der Waals surface area contributed by atoms with E-state index in [1.807, 2.05) is 4.90 Å². The first-order chi connectivity index (χ1) is 13.7. The SMILES string of the molecule is NCCNCCNCCNC(CCO)C(CCO)(CCO)N(CCO)CCO. The molecule has 0 aromatic heterocycles. The minimum atomic E-state index is -0.680. The zero-order chi connectivity index (χ0) is 21.1. The molecule has 0 aliphatic heterocycles. The summed E-state index contributed by atoms with van der Waals surface area (Å²) in [6.07, 6.45) is 1.16. The minimum Gasteiger partial charge on any atom is -0.396 e. The lowest BCUT2D eigenvalue weighted by Gasteiger charge is -2.49. The summed E-state index contributed by atoms with van der Waals surface area (Å²) >= 11 is 0. The van der Waals surface area contributed by atoms with Crippen molar-refractivity contribution in [1.29, 1.82) is 0 Å². The second-order valence-electron chi connectivity index (χ2n) is 6.79. The fourth-order valence-corrected chi connectivity index (χ4v) is 3.75. The summed E-state index contributed by atoms with van der Waals surface area (Å²) in [4.78, 5) is 1.91. The monoisotopic (exact) mass is 409 g/mol. The highest BCUT2D eigenvalue weighted by molar-refractivity contribution is 5.00. The number of nitrogens with one attached hydrogen (secondary N) is 3. The number of aliphatic hydroxyl groups excluding tert-OH is 5. The van der Waals surface area contributed by atoms with Crippen molar-refractivity contribution in [3.05, 3.63) is 0 Å². The Morgan fingerprint density at radius 3 is 1.71 bits per heavy atom. The average Bonchev–Trinajstić information content (AvgIpc) is 2.69. The van der Waals surface area contributed by atoms with Crippen molar-refractivity contribution in [3.63, 3.8) is 0 Å². The van der Waals surface area contributed by atoms with Gasteiger partial charge in [-0.25, -0.2) is 0 Å². The lowest BCUT2D eigenvalue weighted by molar-refractivity contribution is -0.0167. The molecule has 10 heteroatoms. The normalized spacial score (nSPS) is 13.4. The van der Waals surface area contributed by atoms with Crippen LogP contribution in [0.2, 0.25) is 0 Å². The van der Waals surface area contributed by atoms with E-state index in [1.165, 1.54) is 0 Å². The predicted molar refractivity (Wildman–Crippen MR) is 110 cm³/mol. The first-order valence-corrected chi connectivity index (χ1v) is 10.3. The van der Waals surface area contributed by atoms with Gasteiger partial charge in [-0.3, -0.25) is 4.90 Å². The minimum absolute atomic E-state index is 0.0429. The second kappa shape index (κ2) is 18.6. The summed E-state index contributed by atoms with van der Waals surface area (Å²) in [5.74, 6) is 0. The fraction of sp³-hybridized carbons (Fsp3) is 1.00. The number of aliphatic hydroxyl groups is 5. The third kappa shape index (κ3) is 10.4. The van der Waals surface area contributed by atoms with E-state index in [0.29, 0.717) is 45.4 Å². The van der Waals surface area contributed by atoms with Gasteiger partial charge in [0.1, 0.15) is 0 Å². The molecule has 28 heavy (non-hydrogen) atoms. The smallest absolute Gasteiger partial charge is 0.0558 e. The summed E-state index contributed by atoms with van der Waals surface area (Å²) in [6.45, 7) is 4.61. The Kier molecular flexibility index (Phi) is 18.4. The summed E-state index contributed by atoms with van der Waals surface area (Å²) in [5.41, 5.74) is 4.75. The van der Waals surface area contributed by atoms with Crippen LogP contribution in [0.15, 0.2) is 0 Å². The predicted octanol–water partition coefficient (Wildman–Crippen LogP) is -3.74. The zero-order valence-electron chi connectivity index (χ0n) is 17.2. The number of nitrogens with two attached hydrogens (primary N) is 1. The van der Waals surface area contributed by atoms with Crippen LogP contribution in [-0.2, 0) is 0 Å². The van der Waals surface area contributed by atoms with Crippen molar-refractivity contribution < 1.29 is 25.5 Å². The van der Waals surface area contributed by atoms with Gasteiger partial charge in [0.2, 0.25) is 0 Å². The number of hydrogen-bond acceptors (Lipinski definition) is 10. The summed E-state index contributed by atoms with van der Waals surface area (Å²) in [7, 11) is 0. The van der Waals surface area contributed by atoms with Crippen LogP contribution in [0.3, 0.4) is 0 Å². The van der Waals surface area contributed by atoms with Crippen LogP contribution in [0.1, 0.15) is 19.3 Å². The first-order valence-electron chi connectivity index (χ1n) is 10.3. The highest BCUT2D eigenvalue weighted by Crippen LogP contribution is 2.30. The van der Waals surface area contributed by atoms with Gasteiger partial charge in [-0.1, -0.05) is 0 Å². The fourth-order valence-electron chi connectivity index (χ4n) is 3.75. The zero-order valence-corrected chi connectivity index (χ0v) is 17.2. The van der Waals surface area contributed by atoms with Gasteiger partial charge in [-0.15, -0.1) is 0 Å². The van der Waals surface area contributed by atoms with E-state index in [-0.39, 0.29) is 39.1 Å². The van der Waals surface area contributed by atoms with Crippen LogP contribution in [-0.4, -0.2) is 127 Å². The summed E-state index contributed by atoms with van der Waals surface area (Å²) < 4.78 is 0. The number of β-amino-alcohol motifs (C(OH)–C–C–N with tert-alkyl or cyclic N) is 2. The molecule has 0 saturated heterocycles. The third-order valence-corrected chi connectivity index (χ3v) is 5.02. The van der Waals surface area contributed by atoms with Gasteiger partial charge in [0.25, 0.3) is 0 Å². The maximum absolute atomic E-state index is 9.69. The topological polar surface area (TPSA) is 166 Å². The maximum Gasteiger partial charge on any atom is 0.0558 e. The van der Waals surface area contributed by atoms with Crippen molar-refractivity contribution in [1.82, 2.24) is 20.9 Å². The van der Waals surface area contributed by atoms with E-state index < -0.39 is 5.54 Å². The standard InChI is InChI=1S/C18H43N5O5/c19-4-5-20-6-7-21-8-9-22-17(1-12-24)18(2-13-25,3-14-26)23(10-15-27)11-16-28/h17,20-22,24-28H,1-16,19H2. The van der Waals surface area contributed by atoms with Crippen LogP contribution in [0.4, 0.5) is 0 Å².